The summed E-state index contributed by atoms with van der Waals surface area (Å²) >= 11 is 8.00. The molecule has 0 aliphatic heterocycles. The summed E-state index contributed by atoms with van der Waals surface area (Å²) in [7, 11) is 0. The second kappa shape index (κ2) is 6.41. The number of rotatable bonds is 5. The van der Waals surface area contributed by atoms with E-state index in [1.165, 1.54) is 4.90 Å². The molecule has 1 rings (SSSR count). The van der Waals surface area contributed by atoms with Gasteiger partial charge in [-0.25, -0.2) is 0 Å². The Bertz CT molecular complexity index is 314. The van der Waals surface area contributed by atoms with Crippen molar-refractivity contribution < 1.29 is 0 Å². The van der Waals surface area contributed by atoms with Gasteiger partial charge in [-0.05, 0) is 36.3 Å². The van der Waals surface area contributed by atoms with Gasteiger partial charge in [0, 0.05) is 16.0 Å². The van der Waals surface area contributed by atoms with Crippen LogP contribution in [0.3, 0.4) is 0 Å². The molecule has 0 aliphatic rings. The summed E-state index contributed by atoms with van der Waals surface area (Å²) < 4.78 is 0. The number of nitrogens with two attached hydrogens (primary N) is 1. The predicted octanol–water partition coefficient (Wildman–Crippen LogP) is 3.73. The van der Waals surface area contributed by atoms with Crippen molar-refractivity contribution in [2.75, 3.05) is 5.75 Å². The molecule has 84 valence electrons. The van der Waals surface area contributed by atoms with Crippen LogP contribution >= 0.6 is 23.4 Å². The van der Waals surface area contributed by atoms with E-state index in [0.29, 0.717) is 0 Å². The van der Waals surface area contributed by atoms with Gasteiger partial charge in [-0.15, -0.1) is 11.8 Å². The summed E-state index contributed by atoms with van der Waals surface area (Å²) in [6, 6.07) is 6.47. The standard InChI is InChI=1S/C12H18ClNS/c1-3-10(14)7-9-5-6-11(15-4-2)8-12(9)13/h5-6,8,10H,3-4,7,14H2,1-2H3. The van der Waals surface area contributed by atoms with E-state index >= 15 is 0 Å². The quantitative estimate of drug-likeness (QED) is 0.798. The Labute approximate surface area is 101 Å². The second-order valence-electron chi connectivity index (χ2n) is 3.56. The van der Waals surface area contributed by atoms with Crippen LogP contribution in [0.1, 0.15) is 25.8 Å². The van der Waals surface area contributed by atoms with Crippen molar-refractivity contribution in [3.63, 3.8) is 0 Å². The smallest absolute Gasteiger partial charge is 0.0449 e. The van der Waals surface area contributed by atoms with Crippen molar-refractivity contribution >= 4 is 23.4 Å². The molecule has 1 nitrogen and oxygen atoms in total. The Hall–Kier alpha value is -0.180. The molecule has 2 N–H and O–H groups in total. The Balaban J connectivity index is 2.74. The monoisotopic (exact) mass is 243 g/mol. The summed E-state index contributed by atoms with van der Waals surface area (Å²) in [4.78, 5) is 1.23. The first-order valence-electron chi connectivity index (χ1n) is 5.34. The number of hydrogen-bond donors (Lipinski definition) is 1. The van der Waals surface area contributed by atoms with Crippen molar-refractivity contribution in [1.29, 1.82) is 0 Å². The lowest BCUT2D eigenvalue weighted by molar-refractivity contribution is 0.646. The number of benzene rings is 1. The van der Waals surface area contributed by atoms with Gasteiger partial charge in [-0.3, -0.25) is 0 Å². The first-order chi connectivity index (χ1) is 7.17. The summed E-state index contributed by atoms with van der Waals surface area (Å²) in [6.07, 6.45) is 1.86. The molecule has 1 atom stereocenters. The molecule has 1 unspecified atom stereocenters. The molecule has 0 amide bonds. The van der Waals surface area contributed by atoms with Crippen molar-refractivity contribution in [1.82, 2.24) is 0 Å². The molecular formula is C12H18ClNS. The highest BCUT2D eigenvalue weighted by atomic mass is 35.5. The van der Waals surface area contributed by atoms with Gasteiger partial charge < -0.3 is 5.73 Å². The largest absolute Gasteiger partial charge is 0.327 e. The van der Waals surface area contributed by atoms with Crippen molar-refractivity contribution in [3.05, 3.63) is 28.8 Å². The lowest BCUT2D eigenvalue weighted by atomic mass is 10.1. The highest BCUT2D eigenvalue weighted by Gasteiger charge is 2.06. The molecular weight excluding hydrogens is 226 g/mol. The second-order valence-corrected chi connectivity index (χ2v) is 5.30. The normalized spacial score (nSPS) is 12.8. The van der Waals surface area contributed by atoms with Gasteiger partial charge >= 0.3 is 0 Å². The molecule has 0 aromatic heterocycles. The van der Waals surface area contributed by atoms with Crippen LogP contribution in [0.5, 0.6) is 0 Å². The fraction of sp³-hybridized carbons (Fsp3) is 0.500. The zero-order valence-electron chi connectivity index (χ0n) is 9.29. The zero-order chi connectivity index (χ0) is 11.3. The van der Waals surface area contributed by atoms with Crippen LogP contribution < -0.4 is 5.73 Å². The topological polar surface area (TPSA) is 26.0 Å². The molecule has 0 heterocycles. The Kier molecular flexibility index (Phi) is 5.51. The zero-order valence-corrected chi connectivity index (χ0v) is 10.9. The summed E-state index contributed by atoms with van der Waals surface area (Å²) in [5, 5.41) is 0.845. The van der Waals surface area contributed by atoms with E-state index in [2.05, 4.69) is 26.0 Å². The molecule has 15 heavy (non-hydrogen) atoms. The van der Waals surface area contributed by atoms with Crippen LogP contribution in [0.25, 0.3) is 0 Å². The minimum absolute atomic E-state index is 0.215. The average molecular weight is 244 g/mol. The third-order valence-electron chi connectivity index (χ3n) is 2.34. The van der Waals surface area contributed by atoms with E-state index in [4.69, 9.17) is 17.3 Å². The fourth-order valence-electron chi connectivity index (χ4n) is 1.38. The minimum atomic E-state index is 0.215. The number of halogens is 1. The lowest BCUT2D eigenvalue weighted by Crippen LogP contribution is -2.21. The molecule has 0 fully saturated rings. The van der Waals surface area contributed by atoms with Crippen LogP contribution in [0.15, 0.2) is 23.1 Å². The van der Waals surface area contributed by atoms with Gasteiger partial charge in [0.05, 0.1) is 0 Å². The van der Waals surface area contributed by atoms with Gasteiger partial charge in [0.15, 0.2) is 0 Å². The SMILES string of the molecule is CCSc1ccc(CC(N)CC)c(Cl)c1. The number of thioether (sulfide) groups is 1. The Morgan fingerprint density at radius 3 is 2.67 bits per heavy atom. The van der Waals surface area contributed by atoms with E-state index in [9.17, 15) is 0 Å². The van der Waals surface area contributed by atoms with E-state index < -0.39 is 0 Å². The predicted molar refractivity (Wildman–Crippen MR) is 69.8 cm³/mol. The van der Waals surface area contributed by atoms with Crippen LogP contribution in [0.2, 0.25) is 5.02 Å². The molecule has 0 saturated carbocycles. The highest BCUT2D eigenvalue weighted by Crippen LogP contribution is 2.25. The van der Waals surface area contributed by atoms with Gasteiger partial charge in [0.2, 0.25) is 0 Å². The summed E-state index contributed by atoms with van der Waals surface area (Å²) in [6.45, 7) is 4.24. The van der Waals surface area contributed by atoms with Crippen molar-refractivity contribution in [2.45, 2.75) is 37.6 Å². The van der Waals surface area contributed by atoms with E-state index in [-0.39, 0.29) is 6.04 Å². The van der Waals surface area contributed by atoms with Crippen LogP contribution in [0, 0.1) is 0 Å². The van der Waals surface area contributed by atoms with Gasteiger partial charge in [0.1, 0.15) is 0 Å². The maximum Gasteiger partial charge on any atom is 0.0449 e. The van der Waals surface area contributed by atoms with E-state index in [1.54, 1.807) is 0 Å². The Morgan fingerprint density at radius 1 is 1.40 bits per heavy atom. The summed E-state index contributed by atoms with van der Waals surface area (Å²) in [5.41, 5.74) is 7.07. The molecule has 1 aromatic rings. The van der Waals surface area contributed by atoms with Crippen LogP contribution in [0.4, 0.5) is 0 Å². The summed E-state index contributed by atoms with van der Waals surface area (Å²) in [5.74, 6) is 1.07. The Morgan fingerprint density at radius 2 is 2.13 bits per heavy atom. The molecule has 0 bridgehead atoms. The van der Waals surface area contributed by atoms with Crippen molar-refractivity contribution in [3.8, 4) is 0 Å². The maximum absolute atomic E-state index is 6.20. The molecule has 3 heteroatoms. The van der Waals surface area contributed by atoms with Crippen molar-refractivity contribution in [2.24, 2.45) is 5.73 Å². The van der Waals surface area contributed by atoms with E-state index in [0.717, 1.165) is 29.2 Å². The average Bonchev–Trinajstić information content (AvgIpc) is 2.22. The molecule has 0 aliphatic carbocycles. The van der Waals surface area contributed by atoms with Gasteiger partial charge in [-0.2, -0.15) is 0 Å². The van der Waals surface area contributed by atoms with Crippen LogP contribution in [-0.4, -0.2) is 11.8 Å². The first kappa shape index (κ1) is 12.9. The molecule has 0 radical (unpaired) electrons. The highest BCUT2D eigenvalue weighted by molar-refractivity contribution is 7.99. The molecule has 1 aromatic carbocycles. The third-order valence-corrected chi connectivity index (χ3v) is 3.57. The van der Waals surface area contributed by atoms with Crippen LogP contribution in [-0.2, 0) is 6.42 Å². The maximum atomic E-state index is 6.20. The fourth-order valence-corrected chi connectivity index (χ4v) is 2.40. The lowest BCUT2D eigenvalue weighted by Gasteiger charge is -2.11. The van der Waals surface area contributed by atoms with Gasteiger partial charge in [0.25, 0.3) is 0 Å². The molecule has 0 saturated heterocycles. The minimum Gasteiger partial charge on any atom is -0.327 e. The number of hydrogen-bond acceptors (Lipinski definition) is 2. The third kappa shape index (κ3) is 4.06. The van der Waals surface area contributed by atoms with E-state index in [1.807, 2.05) is 17.8 Å². The van der Waals surface area contributed by atoms with Gasteiger partial charge in [-0.1, -0.05) is 31.5 Å². The first-order valence-corrected chi connectivity index (χ1v) is 6.70. The molecule has 0 spiro atoms.